The van der Waals surface area contributed by atoms with E-state index >= 15 is 0 Å². The minimum Gasteiger partial charge on any atom is -0.461 e. The van der Waals surface area contributed by atoms with Gasteiger partial charge in [0.25, 0.3) is 0 Å². The topological polar surface area (TPSA) is 56.3 Å². The summed E-state index contributed by atoms with van der Waals surface area (Å²) in [6.07, 6.45) is 1.81. The van der Waals surface area contributed by atoms with Gasteiger partial charge in [0.15, 0.2) is 0 Å². The molecule has 0 aliphatic heterocycles. The highest BCUT2D eigenvalue weighted by Gasteiger charge is 2.04. The van der Waals surface area contributed by atoms with Crippen LogP contribution in [0.5, 0.6) is 6.01 Å². The van der Waals surface area contributed by atoms with Crippen LogP contribution < -0.4 is 10.1 Å². The molecule has 0 atom stereocenters. The molecule has 1 aromatic heterocycles. The van der Waals surface area contributed by atoms with Crippen LogP contribution in [-0.4, -0.2) is 36.3 Å². The molecule has 0 aromatic carbocycles. The average Bonchev–Trinajstić information content (AvgIpc) is 2.28. The first-order valence-electron chi connectivity index (χ1n) is 5.81. The van der Waals surface area contributed by atoms with Crippen molar-refractivity contribution in [2.24, 2.45) is 0 Å². The van der Waals surface area contributed by atoms with Crippen molar-refractivity contribution in [1.82, 2.24) is 15.3 Å². The summed E-state index contributed by atoms with van der Waals surface area (Å²) in [6, 6.07) is 0.861. The molecule has 0 aliphatic carbocycles. The fourth-order valence-corrected chi connectivity index (χ4v) is 1.24. The lowest BCUT2D eigenvalue weighted by Gasteiger charge is -2.10. The van der Waals surface area contributed by atoms with Gasteiger partial charge in [-0.2, -0.15) is 0 Å². The number of ether oxygens (including phenoxy) is 2. The molecule has 0 amide bonds. The lowest BCUT2D eigenvalue weighted by molar-refractivity contribution is 0.140. The van der Waals surface area contributed by atoms with Crippen molar-refractivity contribution in [3.8, 4) is 6.01 Å². The van der Waals surface area contributed by atoms with E-state index in [0.29, 0.717) is 25.3 Å². The Kier molecular flexibility index (Phi) is 5.86. The van der Waals surface area contributed by atoms with Crippen LogP contribution in [0.3, 0.4) is 0 Å². The zero-order valence-corrected chi connectivity index (χ0v) is 11.0. The summed E-state index contributed by atoms with van der Waals surface area (Å²) < 4.78 is 10.2. The third kappa shape index (κ3) is 5.10. The smallest absolute Gasteiger partial charge is 0.316 e. The minimum absolute atomic E-state index is 0.410. The molecule has 0 bridgehead atoms. The molecule has 0 spiro atoms. The molecular weight excluding hydrogens is 218 g/mol. The lowest BCUT2D eigenvalue weighted by atomic mass is 10.2. The van der Waals surface area contributed by atoms with Gasteiger partial charge in [-0.15, -0.1) is 0 Å². The Labute approximate surface area is 103 Å². The van der Waals surface area contributed by atoms with Gasteiger partial charge in [-0.25, -0.2) is 9.97 Å². The number of hydrogen-bond acceptors (Lipinski definition) is 5. The van der Waals surface area contributed by atoms with Crippen molar-refractivity contribution in [3.05, 3.63) is 17.5 Å². The highest BCUT2D eigenvalue weighted by atomic mass is 16.5. The Morgan fingerprint density at radius 1 is 1.35 bits per heavy atom. The largest absolute Gasteiger partial charge is 0.461 e. The van der Waals surface area contributed by atoms with Gasteiger partial charge in [0.05, 0.1) is 6.61 Å². The van der Waals surface area contributed by atoms with Gasteiger partial charge in [0, 0.05) is 37.2 Å². The predicted molar refractivity (Wildman–Crippen MR) is 66.1 cm³/mol. The summed E-state index contributed by atoms with van der Waals surface area (Å²) in [6.45, 7) is 7.97. The highest BCUT2D eigenvalue weighted by Crippen LogP contribution is 2.08. The summed E-state index contributed by atoms with van der Waals surface area (Å²) in [5.74, 6) is 0. The maximum atomic E-state index is 5.34. The number of methoxy groups -OCH3 is 1. The van der Waals surface area contributed by atoms with E-state index in [1.807, 2.05) is 6.92 Å². The Hall–Kier alpha value is -1.20. The van der Waals surface area contributed by atoms with Crippen LogP contribution in [0.2, 0.25) is 0 Å². The normalized spacial score (nSPS) is 10.9. The molecule has 1 rings (SSSR count). The van der Waals surface area contributed by atoms with Crippen molar-refractivity contribution in [1.29, 1.82) is 0 Å². The van der Waals surface area contributed by atoms with Crippen molar-refractivity contribution in [2.75, 3.05) is 20.3 Å². The monoisotopic (exact) mass is 239 g/mol. The lowest BCUT2D eigenvalue weighted by Crippen LogP contribution is -2.22. The molecule has 17 heavy (non-hydrogen) atoms. The van der Waals surface area contributed by atoms with E-state index in [-0.39, 0.29) is 0 Å². The van der Waals surface area contributed by atoms with Crippen LogP contribution >= 0.6 is 0 Å². The van der Waals surface area contributed by atoms with Crippen molar-refractivity contribution < 1.29 is 9.47 Å². The molecule has 1 aromatic rings. The van der Waals surface area contributed by atoms with Crippen LogP contribution in [0.4, 0.5) is 0 Å². The molecule has 0 saturated heterocycles. The van der Waals surface area contributed by atoms with Gasteiger partial charge in [-0.1, -0.05) is 13.8 Å². The summed E-state index contributed by atoms with van der Waals surface area (Å²) in [4.78, 5) is 8.45. The first-order chi connectivity index (χ1) is 8.13. The zero-order chi connectivity index (χ0) is 12.7. The fourth-order valence-electron chi connectivity index (χ4n) is 1.24. The molecule has 1 heterocycles. The molecule has 0 saturated carbocycles. The summed E-state index contributed by atoms with van der Waals surface area (Å²) in [5.41, 5.74) is 2.04. The Bertz CT molecular complexity index is 343. The highest BCUT2D eigenvalue weighted by molar-refractivity contribution is 5.17. The van der Waals surface area contributed by atoms with E-state index in [4.69, 9.17) is 9.47 Å². The Balaban J connectivity index is 2.53. The molecule has 96 valence electrons. The van der Waals surface area contributed by atoms with Gasteiger partial charge in [0.1, 0.15) is 6.61 Å². The third-order valence-corrected chi connectivity index (χ3v) is 2.28. The van der Waals surface area contributed by atoms with E-state index in [2.05, 4.69) is 29.1 Å². The SMILES string of the molecule is COCCOc1ncc(CNC(C)C)c(C)n1. The standard InChI is InChI=1S/C12H21N3O2/c1-9(2)13-7-11-8-14-12(15-10(11)3)17-6-5-16-4/h8-9,13H,5-7H2,1-4H3. The second-order valence-corrected chi connectivity index (χ2v) is 4.14. The Morgan fingerprint density at radius 3 is 2.71 bits per heavy atom. The maximum Gasteiger partial charge on any atom is 0.316 e. The number of rotatable bonds is 7. The molecule has 0 fully saturated rings. The maximum absolute atomic E-state index is 5.34. The molecule has 0 radical (unpaired) electrons. The second kappa shape index (κ2) is 7.19. The quantitative estimate of drug-likeness (QED) is 0.727. The summed E-state index contributed by atoms with van der Waals surface area (Å²) in [5, 5.41) is 3.33. The number of aromatic nitrogens is 2. The van der Waals surface area contributed by atoms with E-state index in [1.54, 1.807) is 13.3 Å². The van der Waals surface area contributed by atoms with Gasteiger partial charge >= 0.3 is 6.01 Å². The van der Waals surface area contributed by atoms with Crippen LogP contribution in [0.15, 0.2) is 6.20 Å². The van der Waals surface area contributed by atoms with Gasteiger partial charge < -0.3 is 14.8 Å². The average molecular weight is 239 g/mol. The van der Waals surface area contributed by atoms with Crippen molar-refractivity contribution in [3.63, 3.8) is 0 Å². The van der Waals surface area contributed by atoms with Gasteiger partial charge in [0.2, 0.25) is 0 Å². The first-order valence-corrected chi connectivity index (χ1v) is 5.81. The van der Waals surface area contributed by atoms with Crippen molar-refractivity contribution >= 4 is 0 Å². The van der Waals surface area contributed by atoms with Crippen molar-refractivity contribution in [2.45, 2.75) is 33.4 Å². The number of nitrogens with zero attached hydrogens (tertiary/aromatic N) is 2. The van der Waals surface area contributed by atoms with Crippen LogP contribution in [0.25, 0.3) is 0 Å². The van der Waals surface area contributed by atoms with E-state index in [1.165, 1.54) is 0 Å². The minimum atomic E-state index is 0.410. The summed E-state index contributed by atoms with van der Waals surface area (Å²) in [7, 11) is 1.64. The third-order valence-electron chi connectivity index (χ3n) is 2.28. The molecule has 5 heteroatoms. The van der Waals surface area contributed by atoms with E-state index < -0.39 is 0 Å². The fraction of sp³-hybridized carbons (Fsp3) is 0.667. The second-order valence-electron chi connectivity index (χ2n) is 4.14. The molecular formula is C12H21N3O2. The molecule has 0 aliphatic rings. The number of nitrogens with one attached hydrogen (secondary N) is 1. The van der Waals surface area contributed by atoms with Crippen LogP contribution in [0.1, 0.15) is 25.1 Å². The predicted octanol–water partition coefficient (Wildman–Crippen LogP) is 1.31. The number of aryl methyl sites for hydroxylation is 1. The zero-order valence-electron chi connectivity index (χ0n) is 11.0. The van der Waals surface area contributed by atoms with E-state index in [9.17, 15) is 0 Å². The van der Waals surface area contributed by atoms with E-state index in [0.717, 1.165) is 17.8 Å². The molecule has 5 nitrogen and oxygen atoms in total. The van der Waals surface area contributed by atoms with Crippen LogP contribution in [-0.2, 0) is 11.3 Å². The number of hydrogen-bond donors (Lipinski definition) is 1. The van der Waals surface area contributed by atoms with Gasteiger partial charge in [-0.05, 0) is 6.92 Å². The molecule has 0 unspecified atom stereocenters. The van der Waals surface area contributed by atoms with Gasteiger partial charge in [-0.3, -0.25) is 0 Å². The van der Waals surface area contributed by atoms with Crippen LogP contribution in [0, 0.1) is 6.92 Å². The first kappa shape index (κ1) is 13.9. The Morgan fingerprint density at radius 2 is 2.12 bits per heavy atom. The molecule has 1 N–H and O–H groups in total. The summed E-state index contributed by atoms with van der Waals surface area (Å²) >= 11 is 0.